The average molecular weight is 415 g/mol. The number of aromatic nitrogens is 2. The lowest BCUT2D eigenvalue weighted by Crippen LogP contribution is -2.53. The van der Waals surface area contributed by atoms with E-state index >= 15 is 0 Å². The molecule has 0 bridgehead atoms. The molecule has 0 aliphatic heterocycles. The number of carbonyl (C=O) groups is 3. The van der Waals surface area contributed by atoms with Gasteiger partial charge in [0.2, 0.25) is 17.7 Å². The first kappa shape index (κ1) is 23.1. The molecule has 3 amide bonds. The van der Waals surface area contributed by atoms with E-state index in [0.717, 1.165) is 12.0 Å². The van der Waals surface area contributed by atoms with Gasteiger partial charge in [-0.3, -0.25) is 14.4 Å². The Morgan fingerprint density at radius 2 is 1.83 bits per heavy atom. The minimum absolute atomic E-state index is 0.219. The van der Waals surface area contributed by atoms with E-state index in [2.05, 4.69) is 20.6 Å². The highest BCUT2D eigenvalue weighted by atomic mass is 16.2. The number of aromatic amines is 1. The third kappa shape index (κ3) is 8.04. The van der Waals surface area contributed by atoms with Crippen LogP contribution in [-0.2, 0) is 27.2 Å². The van der Waals surface area contributed by atoms with Crippen LogP contribution in [0.4, 0.5) is 0 Å². The molecule has 0 aliphatic rings. The molecule has 1 aromatic heterocycles. The number of H-pyrrole nitrogens is 1. The van der Waals surface area contributed by atoms with Gasteiger partial charge < -0.3 is 27.1 Å². The van der Waals surface area contributed by atoms with E-state index < -0.39 is 23.9 Å². The minimum atomic E-state index is -0.856. The van der Waals surface area contributed by atoms with Crippen LogP contribution in [0, 0.1) is 0 Å². The van der Waals surface area contributed by atoms with Crippen LogP contribution in [0.5, 0.6) is 0 Å². The summed E-state index contributed by atoms with van der Waals surface area (Å²) in [7, 11) is 0. The highest BCUT2D eigenvalue weighted by molar-refractivity contribution is 5.91. The van der Waals surface area contributed by atoms with Gasteiger partial charge in [-0.25, -0.2) is 4.98 Å². The number of nitrogens with zero attached hydrogens (tertiary/aromatic N) is 1. The maximum absolute atomic E-state index is 12.8. The molecular formula is C21H30N6O3. The van der Waals surface area contributed by atoms with E-state index in [1.807, 2.05) is 30.3 Å². The molecule has 1 heterocycles. The molecular weight excluding hydrogens is 384 g/mol. The number of primary amides is 1. The number of benzene rings is 1. The molecule has 2 aromatic rings. The Kier molecular flexibility index (Phi) is 9.53. The number of imidazole rings is 1. The average Bonchev–Trinajstić information content (AvgIpc) is 3.25. The van der Waals surface area contributed by atoms with Crippen molar-refractivity contribution in [2.75, 3.05) is 6.54 Å². The third-order valence-electron chi connectivity index (χ3n) is 4.72. The number of hydrogen-bond acceptors (Lipinski definition) is 5. The molecule has 1 aromatic carbocycles. The van der Waals surface area contributed by atoms with E-state index in [1.54, 1.807) is 6.20 Å². The van der Waals surface area contributed by atoms with Crippen LogP contribution in [0.1, 0.15) is 36.9 Å². The zero-order chi connectivity index (χ0) is 21.8. The quantitative estimate of drug-likeness (QED) is 0.295. The minimum Gasteiger partial charge on any atom is -0.368 e. The molecule has 162 valence electrons. The standard InChI is InChI=1S/C21H30N6O3/c22-11-5-4-8-17(20(23)29)27-21(30)18(12-16-13-24-14-25-16)26-19(28)10-9-15-6-2-1-3-7-15/h1-3,6-7,13-14,17-18H,4-5,8-12,22H2,(H2,23,29)(H,24,25)(H,26,28)(H,27,30)/t17-,18-/m0/s1. The summed E-state index contributed by atoms with van der Waals surface area (Å²) in [5.74, 6) is -1.33. The predicted molar refractivity (Wildman–Crippen MR) is 113 cm³/mol. The van der Waals surface area contributed by atoms with E-state index in [1.165, 1.54) is 6.33 Å². The van der Waals surface area contributed by atoms with Gasteiger partial charge in [0.15, 0.2) is 0 Å². The molecule has 0 unspecified atom stereocenters. The Bertz CT molecular complexity index is 794. The molecule has 2 atom stereocenters. The van der Waals surface area contributed by atoms with Crippen molar-refractivity contribution in [2.45, 2.75) is 50.6 Å². The molecule has 0 radical (unpaired) electrons. The Morgan fingerprint density at radius 3 is 2.47 bits per heavy atom. The number of carbonyl (C=O) groups excluding carboxylic acids is 3. The van der Waals surface area contributed by atoms with Crippen LogP contribution in [0.3, 0.4) is 0 Å². The van der Waals surface area contributed by atoms with Crippen LogP contribution in [0.15, 0.2) is 42.9 Å². The SMILES string of the molecule is NCCCC[C@H](NC(=O)[C@H](Cc1cnc[nH]1)NC(=O)CCc1ccccc1)C(N)=O. The van der Waals surface area contributed by atoms with Crippen molar-refractivity contribution in [3.8, 4) is 0 Å². The van der Waals surface area contributed by atoms with Crippen molar-refractivity contribution in [1.29, 1.82) is 0 Å². The topological polar surface area (TPSA) is 156 Å². The summed E-state index contributed by atoms with van der Waals surface area (Å²) in [6.45, 7) is 0.499. The first-order valence-corrected chi connectivity index (χ1v) is 10.1. The maximum Gasteiger partial charge on any atom is 0.243 e. The number of aryl methyl sites for hydroxylation is 1. The summed E-state index contributed by atoms with van der Waals surface area (Å²) < 4.78 is 0. The van der Waals surface area contributed by atoms with E-state index in [0.29, 0.717) is 31.5 Å². The van der Waals surface area contributed by atoms with Gasteiger partial charge in [0.1, 0.15) is 12.1 Å². The largest absolute Gasteiger partial charge is 0.368 e. The van der Waals surface area contributed by atoms with Crippen LogP contribution in [0.25, 0.3) is 0 Å². The summed E-state index contributed by atoms with van der Waals surface area (Å²) in [5, 5.41) is 5.43. The zero-order valence-electron chi connectivity index (χ0n) is 17.0. The maximum atomic E-state index is 12.8. The van der Waals surface area contributed by atoms with Crippen molar-refractivity contribution < 1.29 is 14.4 Å². The Morgan fingerprint density at radius 1 is 1.07 bits per heavy atom. The first-order chi connectivity index (χ1) is 14.5. The van der Waals surface area contributed by atoms with Gasteiger partial charge in [0, 0.05) is 24.7 Å². The lowest BCUT2D eigenvalue weighted by atomic mass is 10.1. The van der Waals surface area contributed by atoms with E-state index in [9.17, 15) is 14.4 Å². The van der Waals surface area contributed by atoms with Crippen LogP contribution in [-0.4, -0.2) is 46.3 Å². The van der Waals surface area contributed by atoms with Crippen molar-refractivity contribution in [1.82, 2.24) is 20.6 Å². The summed E-state index contributed by atoms with van der Waals surface area (Å²) in [6.07, 6.45) is 5.91. The highest BCUT2D eigenvalue weighted by Crippen LogP contribution is 2.06. The van der Waals surface area contributed by atoms with Gasteiger partial charge in [-0.2, -0.15) is 0 Å². The van der Waals surface area contributed by atoms with Gasteiger partial charge in [-0.05, 0) is 37.8 Å². The molecule has 9 heteroatoms. The molecule has 7 N–H and O–H groups in total. The highest BCUT2D eigenvalue weighted by Gasteiger charge is 2.26. The number of rotatable bonds is 13. The lowest BCUT2D eigenvalue weighted by molar-refractivity contribution is -0.131. The number of nitrogens with two attached hydrogens (primary N) is 2. The second-order valence-corrected chi connectivity index (χ2v) is 7.13. The van der Waals surface area contributed by atoms with Crippen LogP contribution < -0.4 is 22.1 Å². The number of amides is 3. The Balaban J connectivity index is 1.99. The number of hydrogen-bond donors (Lipinski definition) is 5. The fraction of sp³-hybridized carbons (Fsp3) is 0.429. The van der Waals surface area contributed by atoms with Gasteiger partial charge in [-0.15, -0.1) is 0 Å². The van der Waals surface area contributed by atoms with Gasteiger partial charge in [-0.1, -0.05) is 30.3 Å². The first-order valence-electron chi connectivity index (χ1n) is 10.1. The van der Waals surface area contributed by atoms with Crippen molar-refractivity contribution >= 4 is 17.7 Å². The van der Waals surface area contributed by atoms with Gasteiger partial charge in [0.25, 0.3) is 0 Å². The van der Waals surface area contributed by atoms with Crippen molar-refractivity contribution in [3.05, 3.63) is 54.1 Å². The molecule has 0 saturated heterocycles. The van der Waals surface area contributed by atoms with E-state index in [-0.39, 0.29) is 18.7 Å². The van der Waals surface area contributed by atoms with Gasteiger partial charge >= 0.3 is 0 Å². The third-order valence-corrected chi connectivity index (χ3v) is 4.72. The number of nitrogens with one attached hydrogen (secondary N) is 3. The molecule has 0 fully saturated rings. The summed E-state index contributed by atoms with van der Waals surface area (Å²) in [6, 6.07) is 7.96. The number of unbranched alkanes of at least 4 members (excludes halogenated alkanes) is 1. The van der Waals surface area contributed by atoms with Gasteiger partial charge in [0.05, 0.1) is 6.33 Å². The Hall–Kier alpha value is -3.20. The summed E-state index contributed by atoms with van der Waals surface area (Å²) >= 11 is 0. The second-order valence-electron chi connectivity index (χ2n) is 7.13. The smallest absolute Gasteiger partial charge is 0.243 e. The summed E-state index contributed by atoms with van der Waals surface area (Å²) in [5.41, 5.74) is 12.6. The fourth-order valence-corrected chi connectivity index (χ4v) is 3.05. The lowest BCUT2D eigenvalue weighted by Gasteiger charge is -2.21. The van der Waals surface area contributed by atoms with Crippen LogP contribution >= 0.6 is 0 Å². The second kappa shape index (κ2) is 12.4. The van der Waals surface area contributed by atoms with Crippen molar-refractivity contribution in [3.63, 3.8) is 0 Å². The summed E-state index contributed by atoms with van der Waals surface area (Å²) in [4.78, 5) is 43.9. The Labute approximate surface area is 176 Å². The van der Waals surface area contributed by atoms with Crippen LogP contribution in [0.2, 0.25) is 0 Å². The normalized spacial score (nSPS) is 12.7. The van der Waals surface area contributed by atoms with Crippen molar-refractivity contribution in [2.24, 2.45) is 11.5 Å². The molecule has 9 nitrogen and oxygen atoms in total. The monoisotopic (exact) mass is 414 g/mol. The predicted octanol–water partition coefficient (Wildman–Crippen LogP) is 0.169. The van der Waals surface area contributed by atoms with E-state index in [4.69, 9.17) is 11.5 Å². The molecule has 0 saturated carbocycles. The molecule has 0 aliphatic carbocycles. The molecule has 0 spiro atoms. The molecule has 2 rings (SSSR count). The molecule has 30 heavy (non-hydrogen) atoms. The zero-order valence-corrected chi connectivity index (χ0v) is 17.0. The fourth-order valence-electron chi connectivity index (χ4n) is 3.05.